The number of amides is 1. The van der Waals surface area contributed by atoms with Gasteiger partial charge in [-0.15, -0.1) is 0 Å². The van der Waals surface area contributed by atoms with Crippen molar-refractivity contribution in [3.63, 3.8) is 0 Å². The minimum Gasteiger partial charge on any atom is -0.483 e. The Morgan fingerprint density at radius 2 is 2.24 bits per heavy atom. The van der Waals surface area contributed by atoms with Crippen LogP contribution in [0.2, 0.25) is 0 Å². The van der Waals surface area contributed by atoms with Crippen LogP contribution in [0, 0.1) is 0 Å². The summed E-state index contributed by atoms with van der Waals surface area (Å²) < 4.78 is 8.27. The van der Waals surface area contributed by atoms with Gasteiger partial charge in [0.2, 0.25) is 0 Å². The van der Waals surface area contributed by atoms with E-state index in [0.717, 1.165) is 42.2 Å². The maximum atomic E-state index is 12.1. The number of rotatable bonds is 2. The van der Waals surface area contributed by atoms with E-state index in [4.69, 9.17) is 4.74 Å². The van der Waals surface area contributed by atoms with Gasteiger partial charge in [-0.3, -0.25) is 4.79 Å². The predicted octanol–water partition coefficient (Wildman–Crippen LogP) is 1.38. The van der Waals surface area contributed by atoms with Gasteiger partial charge in [-0.2, -0.15) is 5.10 Å². The van der Waals surface area contributed by atoms with Crippen molar-refractivity contribution in [2.75, 3.05) is 24.6 Å². The Hall–Kier alpha value is -2.54. The second-order valence-corrected chi connectivity index (χ2v) is 7.08. The molecular weight excluding hydrogens is 318 g/mol. The number of nitrogens with zero attached hydrogens (tertiary/aromatic N) is 3. The van der Waals surface area contributed by atoms with Crippen LogP contribution in [0.25, 0.3) is 10.9 Å². The average molecular weight is 339 g/mol. The molecule has 2 N–H and O–H groups in total. The molecule has 0 bridgehead atoms. The number of carbonyl (C=O) groups is 1. The first kappa shape index (κ1) is 14.8. The highest BCUT2D eigenvalue weighted by Crippen LogP contribution is 2.40. The highest BCUT2D eigenvalue weighted by atomic mass is 16.5. The van der Waals surface area contributed by atoms with E-state index in [-0.39, 0.29) is 17.5 Å². The zero-order valence-corrected chi connectivity index (χ0v) is 14.4. The first-order valence-electron chi connectivity index (χ1n) is 8.78. The number of anilines is 1. The molecule has 7 heteroatoms. The van der Waals surface area contributed by atoms with Gasteiger partial charge in [-0.1, -0.05) is 6.92 Å². The number of benzene rings is 1. The van der Waals surface area contributed by atoms with Crippen LogP contribution in [-0.2, 0) is 10.3 Å². The Morgan fingerprint density at radius 3 is 2.96 bits per heavy atom. The number of ether oxygens (including phenoxy) is 1. The van der Waals surface area contributed by atoms with Gasteiger partial charge < -0.3 is 19.5 Å². The number of hydrazone groups is 1. The molecule has 0 saturated carbocycles. The van der Waals surface area contributed by atoms with Crippen LogP contribution in [0.5, 0.6) is 5.75 Å². The van der Waals surface area contributed by atoms with Gasteiger partial charge in [0.25, 0.3) is 5.91 Å². The molecule has 1 fully saturated rings. The van der Waals surface area contributed by atoms with Crippen molar-refractivity contribution in [3.8, 4) is 5.75 Å². The fourth-order valence-corrected chi connectivity index (χ4v) is 4.07. The van der Waals surface area contributed by atoms with Crippen molar-refractivity contribution in [1.29, 1.82) is 0 Å². The standard InChI is InChI=1S/C18H21N5O2/c1-3-18(9-19-10-18)22-5-4-12-6-15-14(7-13(12)22)23-11(2)17(24)21-20-16(23)8-25-15/h4-7,11,19H,3,8-10H2,1-2H3,(H,21,24)/t11-/m1/s1. The molecule has 1 aromatic carbocycles. The molecule has 3 aliphatic heterocycles. The van der Waals surface area contributed by atoms with E-state index >= 15 is 0 Å². The third-order valence-corrected chi connectivity index (χ3v) is 5.80. The molecule has 5 rings (SSSR count). The molecule has 2 aromatic rings. The molecular formula is C18H21N5O2. The zero-order valence-electron chi connectivity index (χ0n) is 14.4. The SMILES string of the molecule is CCC1(n2ccc3cc4c(cc32)N2C(=NNC(=O)[C@H]2C)CO4)CNC1. The number of hydrogen-bond donors (Lipinski definition) is 2. The molecule has 1 amide bonds. The molecule has 1 atom stereocenters. The van der Waals surface area contributed by atoms with Crippen LogP contribution < -0.4 is 20.4 Å². The molecule has 0 radical (unpaired) electrons. The number of amidine groups is 1. The van der Waals surface area contributed by atoms with E-state index in [1.165, 1.54) is 5.52 Å². The summed E-state index contributed by atoms with van der Waals surface area (Å²) in [5, 5.41) is 8.72. The van der Waals surface area contributed by atoms with Gasteiger partial charge in [-0.05, 0) is 31.5 Å². The fraction of sp³-hybridized carbons (Fsp3) is 0.444. The summed E-state index contributed by atoms with van der Waals surface area (Å²) in [4.78, 5) is 14.1. The summed E-state index contributed by atoms with van der Waals surface area (Å²) in [6, 6.07) is 6.06. The Balaban J connectivity index is 1.69. The fourth-order valence-electron chi connectivity index (χ4n) is 4.07. The molecule has 1 saturated heterocycles. The van der Waals surface area contributed by atoms with Crippen LogP contribution in [0.4, 0.5) is 5.69 Å². The van der Waals surface area contributed by atoms with Gasteiger partial charge in [0, 0.05) is 24.7 Å². The molecule has 25 heavy (non-hydrogen) atoms. The van der Waals surface area contributed by atoms with E-state index in [2.05, 4.69) is 51.7 Å². The summed E-state index contributed by atoms with van der Waals surface area (Å²) in [5.41, 5.74) is 4.79. The molecule has 0 aliphatic carbocycles. The number of nitrogens with one attached hydrogen (secondary N) is 2. The van der Waals surface area contributed by atoms with Crippen LogP contribution >= 0.6 is 0 Å². The van der Waals surface area contributed by atoms with Crippen LogP contribution in [0.1, 0.15) is 20.3 Å². The topological polar surface area (TPSA) is 70.9 Å². The van der Waals surface area contributed by atoms with Crippen LogP contribution in [-0.4, -0.2) is 42.0 Å². The van der Waals surface area contributed by atoms with Gasteiger partial charge >= 0.3 is 0 Å². The molecule has 4 heterocycles. The smallest absolute Gasteiger partial charge is 0.262 e. The first-order valence-corrected chi connectivity index (χ1v) is 8.78. The third kappa shape index (κ3) is 1.90. The third-order valence-electron chi connectivity index (χ3n) is 5.80. The van der Waals surface area contributed by atoms with E-state index in [1.54, 1.807) is 0 Å². The highest BCUT2D eigenvalue weighted by molar-refractivity contribution is 6.10. The lowest BCUT2D eigenvalue weighted by molar-refractivity contribution is -0.122. The highest BCUT2D eigenvalue weighted by Gasteiger charge is 2.39. The van der Waals surface area contributed by atoms with Crippen molar-refractivity contribution < 1.29 is 9.53 Å². The van der Waals surface area contributed by atoms with E-state index in [9.17, 15) is 4.79 Å². The zero-order chi connectivity index (χ0) is 17.2. The van der Waals surface area contributed by atoms with Crippen molar-refractivity contribution in [3.05, 3.63) is 24.4 Å². The molecule has 0 unspecified atom stereocenters. The number of carbonyl (C=O) groups excluding carboxylic acids is 1. The average Bonchev–Trinajstić information content (AvgIpc) is 2.99. The molecule has 1 aromatic heterocycles. The Bertz CT molecular complexity index is 906. The summed E-state index contributed by atoms with van der Waals surface area (Å²) >= 11 is 0. The van der Waals surface area contributed by atoms with Crippen molar-refractivity contribution in [1.82, 2.24) is 15.3 Å². The quantitative estimate of drug-likeness (QED) is 0.867. The van der Waals surface area contributed by atoms with Gasteiger partial charge in [-0.25, -0.2) is 5.43 Å². The van der Waals surface area contributed by atoms with E-state index in [0.29, 0.717) is 6.61 Å². The number of hydrogen-bond acceptors (Lipinski definition) is 5. The summed E-state index contributed by atoms with van der Waals surface area (Å²) in [6.45, 7) is 6.46. The lowest BCUT2D eigenvalue weighted by atomic mass is 9.89. The largest absolute Gasteiger partial charge is 0.483 e. The predicted molar refractivity (Wildman–Crippen MR) is 96.1 cm³/mol. The lowest BCUT2D eigenvalue weighted by Crippen LogP contribution is -2.59. The van der Waals surface area contributed by atoms with Crippen molar-refractivity contribution in [2.24, 2.45) is 5.10 Å². The van der Waals surface area contributed by atoms with Crippen LogP contribution in [0.15, 0.2) is 29.5 Å². The normalized spacial score (nSPS) is 23.9. The number of aromatic nitrogens is 1. The maximum absolute atomic E-state index is 12.1. The van der Waals surface area contributed by atoms with Gasteiger partial charge in [0.1, 0.15) is 18.4 Å². The second-order valence-electron chi connectivity index (χ2n) is 7.08. The molecule has 0 spiro atoms. The Labute approximate surface area is 145 Å². The number of fused-ring (bicyclic) bond motifs is 4. The molecule has 3 aliphatic rings. The maximum Gasteiger partial charge on any atom is 0.262 e. The van der Waals surface area contributed by atoms with Crippen molar-refractivity contribution >= 4 is 28.3 Å². The van der Waals surface area contributed by atoms with Gasteiger partial charge in [0.15, 0.2) is 5.84 Å². The van der Waals surface area contributed by atoms with E-state index in [1.807, 2.05) is 11.8 Å². The van der Waals surface area contributed by atoms with Crippen molar-refractivity contribution in [2.45, 2.75) is 31.8 Å². The summed E-state index contributed by atoms with van der Waals surface area (Å²) in [5.74, 6) is 1.45. The summed E-state index contributed by atoms with van der Waals surface area (Å²) in [6.07, 6.45) is 3.24. The van der Waals surface area contributed by atoms with Gasteiger partial charge in [0.05, 0.1) is 16.7 Å². The minimum absolute atomic E-state index is 0.0969. The summed E-state index contributed by atoms with van der Waals surface area (Å²) in [7, 11) is 0. The van der Waals surface area contributed by atoms with Crippen LogP contribution in [0.3, 0.4) is 0 Å². The second kappa shape index (κ2) is 4.98. The first-order chi connectivity index (χ1) is 12.1. The molecule has 7 nitrogen and oxygen atoms in total. The molecule has 130 valence electrons. The minimum atomic E-state index is -0.304. The Morgan fingerprint density at radius 1 is 1.40 bits per heavy atom. The lowest BCUT2D eigenvalue weighted by Gasteiger charge is -2.44. The van der Waals surface area contributed by atoms with E-state index < -0.39 is 0 Å². The monoisotopic (exact) mass is 339 g/mol. The Kier molecular flexibility index (Phi) is 2.94.